The number of nitrogens with one attached hydrogen (secondary N) is 1. The van der Waals surface area contributed by atoms with E-state index in [0.29, 0.717) is 6.04 Å². The third-order valence-corrected chi connectivity index (χ3v) is 1.61. The maximum absolute atomic E-state index is 8.32. The van der Waals surface area contributed by atoms with E-state index in [4.69, 9.17) is 5.21 Å². The minimum atomic E-state index is -0.218. The molecule has 0 saturated heterocycles. The molecule has 0 spiro atoms. The van der Waals surface area contributed by atoms with Gasteiger partial charge < -0.3 is 10.5 Å². The Bertz CT molecular complexity index is 132. The van der Waals surface area contributed by atoms with Gasteiger partial charge in [0.15, 0.2) is 0 Å². The first-order chi connectivity index (χ1) is 5.02. The highest BCUT2D eigenvalue weighted by atomic mass is 16.4. The van der Waals surface area contributed by atoms with Crippen LogP contribution in [0.3, 0.4) is 0 Å². The first-order valence-electron chi connectivity index (χ1n) is 3.98. The van der Waals surface area contributed by atoms with Crippen LogP contribution in [-0.2, 0) is 0 Å². The molecule has 0 aliphatic carbocycles. The Hall–Kier alpha value is -0.570. The highest BCUT2D eigenvalue weighted by molar-refractivity contribution is 5.68. The molecule has 0 fully saturated rings. The van der Waals surface area contributed by atoms with Crippen LogP contribution >= 0.6 is 0 Å². The molecule has 3 heteroatoms. The highest BCUT2D eigenvalue weighted by Crippen LogP contribution is 2.01. The van der Waals surface area contributed by atoms with Gasteiger partial charge in [0.05, 0.1) is 11.8 Å². The molecule has 0 amide bonds. The SMILES string of the molecule is CCC(C)NC(C)(C)/C=N\O. The summed E-state index contributed by atoms with van der Waals surface area (Å²) in [6.45, 7) is 8.16. The van der Waals surface area contributed by atoms with Crippen LogP contribution in [0.25, 0.3) is 0 Å². The van der Waals surface area contributed by atoms with Crippen molar-refractivity contribution in [1.82, 2.24) is 5.32 Å². The number of nitrogens with zero attached hydrogens (tertiary/aromatic N) is 1. The zero-order chi connectivity index (χ0) is 8.91. The van der Waals surface area contributed by atoms with E-state index in [9.17, 15) is 0 Å². The van der Waals surface area contributed by atoms with E-state index in [1.54, 1.807) is 0 Å². The Morgan fingerprint density at radius 2 is 2.18 bits per heavy atom. The molecular formula is C8H18N2O. The minimum Gasteiger partial charge on any atom is -0.411 e. The van der Waals surface area contributed by atoms with Crippen molar-refractivity contribution in [2.75, 3.05) is 0 Å². The topological polar surface area (TPSA) is 44.6 Å². The van der Waals surface area contributed by atoms with Crippen LogP contribution < -0.4 is 5.32 Å². The van der Waals surface area contributed by atoms with Crippen LogP contribution in [-0.4, -0.2) is 23.0 Å². The fourth-order valence-electron chi connectivity index (χ4n) is 0.919. The lowest BCUT2D eigenvalue weighted by atomic mass is 10.1. The fourth-order valence-corrected chi connectivity index (χ4v) is 0.919. The van der Waals surface area contributed by atoms with Gasteiger partial charge in [-0.05, 0) is 27.2 Å². The van der Waals surface area contributed by atoms with Gasteiger partial charge in [-0.1, -0.05) is 6.92 Å². The molecule has 0 rings (SSSR count). The largest absolute Gasteiger partial charge is 0.411 e. The minimum absolute atomic E-state index is 0.218. The van der Waals surface area contributed by atoms with Gasteiger partial charge in [-0.15, -0.1) is 5.16 Å². The molecule has 66 valence electrons. The summed E-state index contributed by atoms with van der Waals surface area (Å²) in [5.41, 5.74) is -0.218. The first kappa shape index (κ1) is 10.4. The molecule has 11 heavy (non-hydrogen) atoms. The monoisotopic (exact) mass is 158 g/mol. The summed E-state index contributed by atoms with van der Waals surface area (Å²) in [7, 11) is 0. The summed E-state index contributed by atoms with van der Waals surface area (Å²) in [5.74, 6) is 0. The van der Waals surface area contributed by atoms with Crippen molar-refractivity contribution in [2.45, 2.75) is 45.7 Å². The second-order valence-electron chi connectivity index (χ2n) is 3.42. The van der Waals surface area contributed by atoms with E-state index in [2.05, 4.69) is 24.3 Å². The zero-order valence-electron chi connectivity index (χ0n) is 7.76. The van der Waals surface area contributed by atoms with Crippen molar-refractivity contribution in [3.05, 3.63) is 0 Å². The van der Waals surface area contributed by atoms with Gasteiger partial charge in [-0.2, -0.15) is 0 Å². The second-order valence-corrected chi connectivity index (χ2v) is 3.42. The standard InChI is InChI=1S/C8H18N2O/c1-5-7(2)10-8(3,4)6-9-11/h6-7,10-11H,5H2,1-4H3/b9-6-. The average Bonchev–Trinajstić information content (AvgIpc) is 1.86. The van der Waals surface area contributed by atoms with E-state index in [1.807, 2.05) is 13.8 Å². The zero-order valence-corrected chi connectivity index (χ0v) is 7.76. The molecule has 0 radical (unpaired) electrons. The number of rotatable bonds is 4. The molecule has 0 bridgehead atoms. The maximum atomic E-state index is 8.32. The molecule has 0 aromatic heterocycles. The fraction of sp³-hybridized carbons (Fsp3) is 0.875. The van der Waals surface area contributed by atoms with Gasteiger partial charge in [-0.25, -0.2) is 0 Å². The normalized spacial score (nSPS) is 15.6. The van der Waals surface area contributed by atoms with Crippen LogP contribution in [0.5, 0.6) is 0 Å². The Labute approximate surface area is 68.5 Å². The molecule has 0 heterocycles. The van der Waals surface area contributed by atoms with Gasteiger partial charge >= 0.3 is 0 Å². The van der Waals surface area contributed by atoms with E-state index < -0.39 is 0 Å². The van der Waals surface area contributed by atoms with Crippen LogP contribution in [0.15, 0.2) is 5.16 Å². The summed E-state index contributed by atoms with van der Waals surface area (Å²) in [5, 5.41) is 14.6. The lowest BCUT2D eigenvalue weighted by Gasteiger charge is -2.24. The quantitative estimate of drug-likeness (QED) is 0.371. The third kappa shape index (κ3) is 4.79. The first-order valence-corrected chi connectivity index (χ1v) is 3.98. The van der Waals surface area contributed by atoms with Gasteiger partial charge in [0.1, 0.15) is 0 Å². The van der Waals surface area contributed by atoms with Crippen molar-refractivity contribution in [2.24, 2.45) is 5.16 Å². The van der Waals surface area contributed by atoms with Crippen molar-refractivity contribution < 1.29 is 5.21 Å². The smallest absolute Gasteiger partial charge is 0.0631 e. The Kier molecular flexibility index (Phi) is 4.11. The van der Waals surface area contributed by atoms with E-state index in [0.717, 1.165) is 6.42 Å². The molecule has 0 aromatic rings. The summed E-state index contributed by atoms with van der Waals surface area (Å²) in [4.78, 5) is 0. The summed E-state index contributed by atoms with van der Waals surface area (Å²) in [6, 6.07) is 0.447. The Balaban J connectivity index is 3.90. The molecule has 1 unspecified atom stereocenters. The Morgan fingerprint density at radius 1 is 1.64 bits per heavy atom. The molecule has 0 saturated carbocycles. The Morgan fingerprint density at radius 3 is 2.55 bits per heavy atom. The van der Waals surface area contributed by atoms with Gasteiger partial charge in [0.2, 0.25) is 0 Å². The third-order valence-electron chi connectivity index (χ3n) is 1.61. The highest BCUT2D eigenvalue weighted by Gasteiger charge is 2.16. The number of hydrogen-bond acceptors (Lipinski definition) is 3. The molecular weight excluding hydrogens is 140 g/mol. The maximum Gasteiger partial charge on any atom is 0.0631 e. The van der Waals surface area contributed by atoms with Crippen LogP contribution in [0, 0.1) is 0 Å². The molecule has 0 aliphatic rings. The molecule has 2 N–H and O–H groups in total. The van der Waals surface area contributed by atoms with Crippen LogP contribution in [0.4, 0.5) is 0 Å². The van der Waals surface area contributed by atoms with Gasteiger partial charge in [-0.3, -0.25) is 0 Å². The van der Waals surface area contributed by atoms with Crippen molar-refractivity contribution in [3.63, 3.8) is 0 Å². The summed E-state index contributed by atoms with van der Waals surface area (Å²) >= 11 is 0. The van der Waals surface area contributed by atoms with Gasteiger partial charge in [0.25, 0.3) is 0 Å². The number of oxime groups is 1. The van der Waals surface area contributed by atoms with E-state index >= 15 is 0 Å². The molecule has 1 atom stereocenters. The van der Waals surface area contributed by atoms with Crippen molar-refractivity contribution >= 4 is 6.21 Å². The average molecular weight is 158 g/mol. The van der Waals surface area contributed by atoms with E-state index in [1.165, 1.54) is 6.21 Å². The predicted octanol–water partition coefficient (Wildman–Crippen LogP) is 1.61. The predicted molar refractivity (Wildman–Crippen MR) is 47.2 cm³/mol. The lowest BCUT2D eigenvalue weighted by Crippen LogP contribution is -2.45. The van der Waals surface area contributed by atoms with Crippen molar-refractivity contribution in [3.8, 4) is 0 Å². The van der Waals surface area contributed by atoms with Crippen LogP contribution in [0.1, 0.15) is 34.1 Å². The van der Waals surface area contributed by atoms with Crippen molar-refractivity contribution in [1.29, 1.82) is 0 Å². The number of hydrogen-bond donors (Lipinski definition) is 2. The molecule has 0 aromatic carbocycles. The summed E-state index contributed by atoms with van der Waals surface area (Å²) in [6.07, 6.45) is 2.57. The molecule has 3 nitrogen and oxygen atoms in total. The van der Waals surface area contributed by atoms with Gasteiger partial charge in [0, 0.05) is 6.04 Å². The van der Waals surface area contributed by atoms with Crippen LogP contribution in [0.2, 0.25) is 0 Å². The lowest BCUT2D eigenvalue weighted by molar-refractivity contribution is 0.313. The summed E-state index contributed by atoms with van der Waals surface area (Å²) < 4.78 is 0. The molecule has 0 aliphatic heterocycles. The second kappa shape index (κ2) is 4.34. The van der Waals surface area contributed by atoms with E-state index in [-0.39, 0.29) is 5.54 Å².